The Kier molecular flexibility index (Phi) is 4.91. The highest BCUT2D eigenvalue weighted by atomic mass is 16.5. The molecule has 0 bridgehead atoms. The van der Waals surface area contributed by atoms with Crippen LogP contribution in [0.3, 0.4) is 0 Å². The largest absolute Gasteiger partial charge is 0.381 e. The number of hydrogen-bond acceptors (Lipinski definition) is 3. The van der Waals surface area contributed by atoms with E-state index in [0.29, 0.717) is 5.41 Å². The van der Waals surface area contributed by atoms with Crippen molar-refractivity contribution in [2.24, 2.45) is 17.1 Å². The van der Waals surface area contributed by atoms with Crippen LogP contribution in [-0.2, 0) is 4.74 Å². The molecule has 1 heterocycles. The zero-order chi connectivity index (χ0) is 13.9. The van der Waals surface area contributed by atoms with Crippen LogP contribution in [0.2, 0.25) is 0 Å². The quantitative estimate of drug-likeness (QED) is 0.852. The van der Waals surface area contributed by atoms with E-state index in [0.717, 1.165) is 25.7 Å². The van der Waals surface area contributed by atoms with E-state index in [1.54, 1.807) is 0 Å². The van der Waals surface area contributed by atoms with Crippen molar-refractivity contribution in [2.45, 2.75) is 57.9 Å². The summed E-state index contributed by atoms with van der Waals surface area (Å²) >= 11 is 0. The average Bonchev–Trinajstić information content (AvgIpc) is 2.39. The Hall–Kier alpha value is -0.120. The van der Waals surface area contributed by atoms with Crippen molar-refractivity contribution >= 4 is 0 Å². The number of likely N-dealkylation sites (N-methyl/N-ethyl adjacent to an activating group) is 1. The molecule has 3 heteroatoms. The van der Waals surface area contributed by atoms with Crippen LogP contribution in [-0.4, -0.2) is 43.8 Å². The van der Waals surface area contributed by atoms with Crippen LogP contribution in [0.5, 0.6) is 0 Å². The maximum atomic E-state index is 6.25. The fraction of sp³-hybridized carbons (Fsp3) is 1.00. The van der Waals surface area contributed by atoms with Gasteiger partial charge in [-0.15, -0.1) is 0 Å². The van der Waals surface area contributed by atoms with Gasteiger partial charge in [-0.05, 0) is 44.1 Å². The molecule has 1 atom stereocenters. The van der Waals surface area contributed by atoms with Gasteiger partial charge in [-0.25, -0.2) is 0 Å². The molecule has 0 spiro atoms. The number of nitrogens with zero attached hydrogens (tertiary/aromatic N) is 1. The summed E-state index contributed by atoms with van der Waals surface area (Å²) in [6.07, 6.45) is 7.69. The van der Waals surface area contributed by atoms with Crippen LogP contribution < -0.4 is 5.73 Å². The molecule has 0 aromatic rings. The lowest BCUT2D eigenvalue weighted by Gasteiger charge is -2.55. The van der Waals surface area contributed by atoms with Crippen molar-refractivity contribution in [1.82, 2.24) is 4.90 Å². The van der Waals surface area contributed by atoms with Crippen LogP contribution >= 0.6 is 0 Å². The van der Waals surface area contributed by atoms with Crippen molar-refractivity contribution in [3.63, 3.8) is 0 Å². The van der Waals surface area contributed by atoms with Crippen molar-refractivity contribution < 1.29 is 4.74 Å². The van der Waals surface area contributed by atoms with E-state index >= 15 is 0 Å². The van der Waals surface area contributed by atoms with E-state index in [1.165, 1.54) is 45.1 Å². The minimum atomic E-state index is 0.198. The molecule has 2 aliphatic rings. The van der Waals surface area contributed by atoms with Gasteiger partial charge in [-0.3, -0.25) is 4.90 Å². The minimum Gasteiger partial charge on any atom is -0.381 e. The topological polar surface area (TPSA) is 38.5 Å². The zero-order valence-electron chi connectivity index (χ0n) is 13.1. The van der Waals surface area contributed by atoms with Crippen LogP contribution in [0, 0.1) is 11.3 Å². The van der Waals surface area contributed by atoms with Gasteiger partial charge in [0.15, 0.2) is 0 Å². The maximum Gasteiger partial charge on any atom is 0.0469 e. The molecule has 2 fully saturated rings. The minimum absolute atomic E-state index is 0.198. The van der Waals surface area contributed by atoms with E-state index < -0.39 is 0 Å². The Labute approximate surface area is 118 Å². The van der Waals surface area contributed by atoms with E-state index in [4.69, 9.17) is 10.5 Å². The molecule has 112 valence electrons. The molecule has 0 amide bonds. The van der Waals surface area contributed by atoms with Gasteiger partial charge in [-0.1, -0.05) is 26.7 Å². The molecule has 3 nitrogen and oxygen atoms in total. The Morgan fingerprint density at radius 2 is 1.79 bits per heavy atom. The molecule has 0 aromatic heterocycles. The standard InChI is InChI=1S/C16H32N2O/c1-15(2)8-4-5-9-16(15,13-17)18(3)12-14-6-10-19-11-7-14/h14H,4-13,17H2,1-3H3. The second-order valence-electron chi connectivity index (χ2n) is 7.26. The highest BCUT2D eigenvalue weighted by Crippen LogP contribution is 2.46. The third-order valence-electron chi connectivity index (χ3n) is 5.84. The summed E-state index contributed by atoms with van der Waals surface area (Å²) in [5.74, 6) is 0.792. The predicted octanol–water partition coefficient (Wildman–Crippen LogP) is 2.64. The first-order chi connectivity index (χ1) is 9.02. The summed E-state index contributed by atoms with van der Waals surface area (Å²) in [6, 6.07) is 0. The second-order valence-corrected chi connectivity index (χ2v) is 7.26. The molecule has 0 radical (unpaired) electrons. The molecule has 1 aliphatic carbocycles. The molecule has 0 aromatic carbocycles. The van der Waals surface area contributed by atoms with Crippen LogP contribution in [0.4, 0.5) is 0 Å². The van der Waals surface area contributed by atoms with Gasteiger partial charge >= 0.3 is 0 Å². The molecular formula is C16H32N2O. The van der Waals surface area contributed by atoms with Crippen molar-refractivity contribution in [3.05, 3.63) is 0 Å². The third kappa shape index (κ3) is 2.98. The molecule has 1 unspecified atom stereocenters. The van der Waals surface area contributed by atoms with Crippen LogP contribution in [0.25, 0.3) is 0 Å². The van der Waals surface area contributed by atoms with Gasteiger partial charge in [-0.2, -0.15) is 0 Å². The Morgan fingerprint density at radius 3 is 2.37 bits per heavy atom. The Bertz CT molecular complexity index is 286. The van der Waals surface area contributed by atoms with E-state index in [1.807, 2.05) is 0 Å². The van der Waals surface area contributed by atoms with Gasteiger partial charge in [0.05, 0.1) is 0 Å². The predicted molar refractivity (Wildman–Crippen MR) is 80.2 cm³/mol. The maximum absolute atomic E-state index is 6.25. The molecule has 2 rings (SSSR count). The number of hydrogen-bond donors (Lipinski definition) is 1. The SMILES string of the molecule is CN(CC1CCOCC1)C1(CN)CCCCC1(C)C. The summed E-state index contributed by atoms with van der Waals surface area (Å²) in [4.78, 5) is 2.60. The van der Waals surface area contributed by atoms with Gasteiger partial charge in [0.2, 0.25) is 0 Å². The molecule has 1 saturated heterocycles. The van der Waals surface area contributed by atoms with Crippen molar-refractivity contribution in [2.75, 3.05) is 33.4 Å². The van der Waals surface area contributed by atoms with Gasteiger partial charge < -0.3 is 10.5 Å². The lowest BCUT2D eigenvalue weighted by molar-refractivity contribution is -0.0456. The molecule has 1 aliphatic heterocycles. The Balaban J connectivity index is 2.06. The smallest absolute Gasteiger partial charge is 0.0469 e. The van der Waals surface area contributed by atoms with Gasteiger partial charge in [0.1, 0.15) is 0 Å². The molecule has 1 saturated carbocycles. The van der Waals surface area contributed by atoms with Crippen molar-refractivity contribution in [3.8, 4) is 0 Å². The molecule has 19 heavy (non-hydrogen) atoms. The van der Waals surface area contributed by atoms with Crippen LogP contribution in [0.1, 0.15) is 52.4 Å². The lowest BCUT2D eigenvalue weighted by atomic mass is 9.62. The molecular weight excluding hydrogens is 236 g/mol. The zero-order valence-corrected chi connectivity index (χ0v) is 13.1. The van der Waals surface area contributed by atoms with Gasteiger partial charge in [0.25, 0.3) is 0 Å². The number of rotatable bonds is 4. The van der Waals surface area contributed by atoms with E-state index in [9.17, 15) is 0 Å². The Morgan fingerprint density at radius 1 is 1.16 bits per heavy atom. The summed E-state index contributed by atoms with van der Waals surface area (Å²) < 4.78 is 5.48. The van der Waals surface area contributed by atoms with E-state index in [2.05, 4.69) is 25.8 Å². The van der Waals surface area contributed by atoms with E-state index in [-0.39, 0.29) is 5.54 Å². The van der Waals surface area contributed by atoms with Gasteiger partial charge in [0, 0.05) is 31.8 Å². The number of nitrogens with two attached hydrogens (primary N) is 1. The molecule has 2 N–H and O–H groups in total. The summed E-state index contributed by atoms with van der Waals surface area (Å²) in [7, 11) is 2.30. The first kappa shape index (κ1) is 15.3. The number of ether oxygens (including phenoxy) is 1. The normalized spacial score (nSPS) is 32.7. The lowest BCUT2D eigenvalue weighted by Crippen LogP contribution is -2.63. The second kappa shape index (κ2) is 6.11. The summed E-state index contributed by atoms with van der Waals surface area (Å²) in [6.45, 7) is 8.69. The first-order valence-electron chi connectivity index (χ1n) is 8.01. The van der Waals surface area contributed by atoms with Crippen LogP contribution in [0.15, 0.2) is 0 Å². The monoisotopic (exact) mass is 268 g/mol. The highest BCUT2D eigenvalue weighted by Gasteiger charge is 2.48. The average molecular weight is 268 g/mol. The third-order valence-corrected chi connectivity index (χ3v) is 5.84. The first-order valence-corrected chi connectivity index (χ1v) is 8.01. The summed E-state index contributed by atoms with van der Waals surface area (Å²) in [5.41, 5.74) is 6.78. The summed E-state index contributed by atoms with van der Waals surface area (Å²) in [5, 5.41) is 0. The fourth-order valence-electron chi connectivity index (χ4n) is 4.29. The van der Waals surface area contributed by atoms with Crippen molar-refractivity contribution in [1.29, 1.82) is 0 Å². The highest BCUT2D eigenvalue weighted by molar-refractivity contribution is 5.04. The fourth-order valence-corrected chi connectivity index (χ4v) is 4.29.